The van der Waals surface area contributed by atoms with Crippen LogP contribution in [0.1, 0.15) is 76.6 Å². The van der Waals surface area contributed by atoms with Crippen LogP contribution >= 0.6 is 0 Å². The molecule has 1 spiro atoms. The molecule has 96 heavy (non-hydrogen) atoms. The Bertz CT molecular complexity index is 4430. The molecule has 10 aromatic rings. The molecule has 1 aliphatic carbocycles. The van der Waals surface area contributed by atoms with Gasteiger partial charge in [-0.1, -0.05) is 53.2 Å². The molecular formula is C70H84N26. The number of aromatic nitrogens is 14. The minimum atomic E-state index is 0. The average molecular weight is 1290 g/mol. The molecule has 1 aromatic carbocycles. The van der Waals surface area contributed by atoms with Gasteiger partial charge in [0.15, 0.2) is 17.3 Å². The summed E-state index contributed by atoms with van der Waals surface area (Å²) in [4.78, 5) is 62.5. The summed E-state index contributed by atoms with van der Waals surface area (Å²) in [5.74, 6) is 5.91. The molecule has 7 aliphatic rings. The highest BCUT2D eigenvalue weighted by atomic mass is 15.3. The van der Waals surface area contributed by atoms with Crippen LogP contribution in [0.5, 0.6) is 0 Å². The van der Waals surface area contributed by atoms with Crippen molar-refractivity contribution in [1.82, 2.24) is 84.5 Å². The van der Waals surface area contributed by atoms with Gasteiger partial charge < -0.3 is 61.1 Å². The minimum absolute atomic E-state index is 0. The largest absolute Gasteiger partial charge is 0.368 e. The van der Waals surface area contributed by atoms with Crippen molar-refractivity contribution >= 4 is 92.5 Å². The molecule has 1 saturated carbocycles. The number of benzodiazepines with no additional fused rings is 1. The fourth-order valence-electron chi connectivity index (χ4n) is 13.8. The zero-order valence-corrected chi connectivity index (χ0v) is 54.1. The number of fused-ring (bicyclic) bond motifs is 10. The molecule has 6 aliphatic heterocycles. The minimum Gasteiger partial charge on any atom is -0.368 e. The van der Waals surface area contributed by atoms with E-state index in [1.54, 1.807) is 17.0 Å². The highest BCUT2D eigenvalue weighted by Gasteiger charge is 2.41. The van der Waals surface area contributed by atoms with E-state index in [4.69, 9.17) is 19.9 Å². The molecule has 15 heterocycles. The molecule has 0 bridgehead atoms. The van der Waals surface area contributed by atoms with Crippen LogP contribution in [0.25, 0.3) is 39.5 Å². The van der Waals surface area contributed by atoms with Crippen LogP contribution in [0.2, 0.25) is 0 Å². The van der Waals surface area contributed by atoms with Crippen molar-refractivity contribution in [2.24, 2.45) is 15.9 Å². The predicted molar refractivity (Wildman–Crippen MR) is 383 cm³/mol. The van der Waals surface area contributed by atoms with Gasteiger partial charge in [0.25, 0.3) is 0 Å². The zero-order chi connectivity index (χ0) is 64.2. The van der Waals surface area contributed by atoms with E-state index >= 15 is 0 Å². The van der Waals surface area contributed by atoms with Crippen molar-refractivity contribution in [2.75, 3.05) is 121 Å². The number of rotatable bonds is 11. The quantitative estimate of drug-likeness (QED) is 0.0634. The standard InChI is InChI=1S/C26H30N8.C22H27N9.C21H23N9.CH4/c1-17(2)25-21-14-19(4-6-23(21)31-18(3)15-30-25)22-8-9-28-26(32-22)33-24-7-5-20(16-29-24)34-12-10-27-11-13-34;1-2-6-22(7-3-1)8-9-24-19-18(22)20-28-21(26-15-31(20)29-19)27-17-5-4-16(14-25-17)30-12-10-23-11-13-30;1-14-13-29-8-9-30-17(20(29)25-14)10-15-11-24-21(27-19(15)30)26-18-3-2-16(12-23-18)28-6-4-22-5-7-28;/h4-9,14,16-17,27,31H,3,10-13,15H2,1-2H3,(H,28,29,32,33);4-5,9,14-15,23H,1-3,6-8,10-13H2,(H,25,27,28);2-3,10-13,22H,4-9H2,1H3,(H,23,24,26,27);1H4. The van der Waals surface area contributed by atoms with Crippen LogP contribution in [0.3, 0.4) is 0 Å². The fourth-order valence-corrected chi connectivity index (χ4v) is 13.8. The Morgan fingerprint density at radius 2 is 1.21 bits per heavy atom. The summed E-state index contributed by atoms with van der Waals surface area (Å²) < 4.78 is 6.21. The van der Waals surface area contributed by atoms with Crippen molar-refractivity contribution < 1.29 is 0 Å². The summed E-state index contributed by atoms with van der Waals surface area (Å²) in [5.41, 5.74) is 14.6. The van der Waals surface area contributed by atoms with E-state index in [2.05, 4.69) is 175 Å². The molecule has 4 fully saturated rings. The topological polar surface area (TPSA) is 275 Å². The molecule has 26 heteroatoms. The van der Waals surface area contributed by atoms with Crippen LogP contribution in [0.4, 0.5) is 63.9 Å². The molecule has 3 saturated heterocycles. The van der Waals surface area contributed by atoms with Crippen molar-refractivity contribution in [3.8, 4) is 22.8 Å². The lowest BCUT2D eigenvalue weighted by Crippen LogP contribution is -2.43. The Balaban J connectivity index is 0.000000123. The van der Waals surface area contributed by atoms with Crippen molar-refractivity contribution in [2.45, 2.75) is 85.2 Å². The van der Waals surface area contributed by atoms with Crippen LogP contribution < -0.4 is 51.9 Å². The summed E-state index contributed by atoms with van der Waals surface area (Å²) >= 11 is 0. The summed E-state index contributed by atoms with van der Waals surface area (Å²) in [5, 5.41) is 28.9. The second-order valence-electron chi connectivity index (χ2n) is 25.5. The monoisotopic (exact) mass is 1290 g/mol. The molecule has 17 rings (SSSR count). The van der Waals surface area contributed by atoms with E-state index in [1.807, 2.05) is 62.2 Å². The van der Waals surface area contributed by atoms with E-state index in [0.717, 1.165) is 206 Å². The molecule has 0 atom stereocenters. The molecule has 9 aromatic heterocycles. The maximum Gasteiger partial charge on any atom is 0.231 e. The highest BCUT2D eigenvalue weighted by molar-refractivity contribution is 6.08. The Morgan fingerprint density at radius 1 is 0.604 bits per heavy atom. The second-order valence-corrected chi connectivity index (χ2v) is 25.5. The second kappa shape index (κ2) is 27.9. The first-order chi connectivity index (χ1) is 46.6. The number of anilines is 10. The number of imidazole rings is 1. The number of benzene rings is 1. The van der Waals surface area contributed by atoms with E-state index in [9.17, 15) is 0 Å². The van der Waals surface area contributed by atoms with E-state index in [0.29, 0.717) is 30.3 Å². The number of piperazine rings is 3. The number of hydrogen-bond acceptors (Lipinski definition) is 23. The predicted octanol–water partition coefficient (Wildman–Crippen LogP) is 9.86. The van der Waals surface area contributed by atoms with E-state index in [-0.39, 0.29) is 12.8 Å². The lowest BCUT2D eigenvalue weighted by atomic mass is 9.67. The highest BCUT2D eigenvalue weighted by Crippen LogP contribution is 2.49. The number of nitrogens with zero attached hydrogens (tertiary/aromatic N) is 19. The Morgan fingerprint density at radius 3 is 1.81 bits per heavy atom. The third-order valence-corrected chi connectivity index (χ3v) is 18.7. The maximum atomic E-state index is 4.85. The van der Waals surface area contributed by atoms with Crippen molar-refractivity contribution in [3.63, 3.8) is 0 Å². The Labute approximate surface area is 558 Å². The van der Waals surface area contributed by atoms with Crippen LogP contribution in [0, 0.1) is 12.8 Å². The molecule has 0 amide bonds. The first kappa shape index (κ1) is 63.1. The summed E-state index contributed by atoms with van der Waals surface area (Å²) in [7, 11) is 0. The van der Waals surface area contributed by atoms with E-state index in [1.165, 1.54) is 37.7 Å². The van der Waals surface area contributed by atoms with Crippen LogP contribution in [-0.4, -0.2) is 166 Å². The van der Waals surface area contributed by atoms with Gasteiger partial charge in [-0.2, -0.15) is 9.97 Å². The molecule has 7 N–H and O–H groups in total. The van der Waals surface area contributed by atoms with Gasteiger partial charge in [0.2, 0.25) is 17.8 Å². The van der Waals surface area contributed by atoms with Crippen molar-refractivity contribution in [1.29, 1.82) is 0 Å². The van der Waals surface area contributed by atoms with Gasteiger partial charge >= 0.3 is 0 Å². The van der Waals surface area contributed by atoms with Gasteiger partial charge in [-0.25, -0.2) is 49.4 Å². The molecule has 26 nitrogen and oxygen atoms in total. The summed E-state index contributed by atoms with van der Waals surface area (Å²) in [6.07, 6.45) is 22.4. The molecule has 0 radical (unpaired) electrons. The van der Waals surface area contributed by atoms with Gasteiger partial charge in [-0.3, -0.25) is 4.99 Å². The third kappa shape index (κ3) is 13.5. The lowest BCUT2D eigenvalue weighted by molar-refractivity contribution is 0.304. The van der Waals surface area contributed by atoms with Gasteiger partial charge in [0, 0.05) is 155 Å². The third-order valence-electron chi connectivity index (χ3n) is 18.7. The fraction of sp³-hybridized carbons (Fsp3) is 0.386. The normalized spacial score (nSPS) is 17.1. The first-order valence-electron chi connectivity index (χ1n) is 33.3. The van der Waals surface area contributed by atoms with E-state index < -0.39 is 0 Å². The number of pyridine rings is 3. The smallest absolute Gasteiger partial charge is 0.231 e. The van der Waals surface area contributed by atoms with Crippen LogP contribution in [0.15, 0.2) is 132 Å². The Kier molecular flexibility index (Phi) is 18.4. The van der Waals surface area contributed by atoms with Gasteiger partial charge in [-0.15, -0.1) is 5.10 Å². The SMILES string of the molecule is C.C1=Nc2nn3cnc(Nc4ccc(N5CCNCC5)cn4)nc3c2C2(C1)CCCCC2.C=C1CN=C(C(C)C)c2cc(-c3ccnc(Nc4ccc(N5CCNCC5)cn4)n3)ccc2N1.Cc1cn2c(n1)-c1cc3cnc(Nc4ccc(N5CCNCC5)cn4)nc3n1CC2. The number of aliphatic imine (C=N–C) groups is 2. The van der Waals surface area contributed by atoms with Gasteiger partial charge in [0.05, 0.1) is 64.8 Å². The van der Waals surface area contributed by atoms with Crippen molar-refractivity contribution in [3.05, 3.63) is 139 Å². The maximum absolute atomic E-state index is 4.85. The number of aryl methyl sites for hydroxylation is 3. The van der Waals surface area contributed by atoms with Gasteiger partial charge in [-0.05, 0) is 92.8 Å². The first-order valence-corrected chi connectivity index (χ1v) is 33.3. The zero-order valence-electron chi connectivity index (χ0n) is 54.1. The van der Waals surface area contributed by atoms with Crippen LogP contribution in [-0.2, 0) is 18.5 Å². The lowest BCUT2D eigenvalue weighted by Gasteiger charge is -2.37. The van der Waals surface area contributed by atoms with Gasteiger partial charge in [0.1, 0.15) is 29.4 Å². The summed E-state index contributed by atoms with van der Waals surface area (Å²) in [6.45, 7) is 24.8. The summed E-state index contributed by atoms with van der Waals surface area (Å²) in [6, 6.07) is 22.6. The molecule has 0 unspecified atom stereocenters. The Hall–Kier alpha value is -10.3. The molecule has 494 valence electrons. The number of hydrogen-bond donors (Lipinski definition) is 7. The number of nitrogens with one attached hydrogen (secondary N) is 7. The molecular weight excluding hydrogens is 1200 g/mol. The average Bonchev–Trinajstić information content (AvgIpc) is 1.58.